The Kier molecular flexibility index (Phi) is 5.75. The number of aliphatic hydroxyl groups is 4. The first-order chi connectivity index (χ1) is 17.6. The van der Waals surface area contributed by atoms with Crippen LogP contribution in [0.3, 0.4) is 0 Å². The first-order valence-electron chi connectivity index (χ1n) is 15.2. The topological polar surface area (TPSA) is 127 Å². The normalized spacial score (nSPS) is 60.0. The summed E-state index contributed by atoms with van der Waals surface area (Å²) in [6.07, 6.45) is 4.40. The number of carboxylic acid groups (broad SMARTS) is 1. The Balaban J connectivity index is 1.30. The molecule has 1 aliphatic heterocycles. The highest BCUT2D eigenvalue weighted by Gasteiger charge is 2.85. The molecule has 7 nitrogen and oxygen atoms in total. The minimum atomic E-state index is -1.21. The van der Waals surface area contributed by atoms with E-state index in [1.165, 1.54) is 0 Å². The lowest BCUT2D eigenvalue weighted by Gasteiger charge is -2.63. The summed E-state index contributed by atoms with van der Waals surface area (Å²) in [5.74, 6) is -0.184. The number of fused-ring (bicyclic) bond motifs is 2. The summed E-state index contributed by atoms with van der Waals surface area (Å²) in [5.41, 5.74) is -2.73. The molecule has 0 aromatic heterocycles. The molecule has 0 unspecified atom stereocenters. The lowest BCUT2D eigenvalue weighted by molar-refractivity contribution is -0.212. The van der Waals surface area contributed by atoms with E-state index >= 15 is 0 Å². The monoisotopic (exact) mass is 534 g/mol. The molecule has 1 saturated heterocycles. The van der Waals surface area contributed by atoms with Crippen molar-refractivity contribution in [3.63, 3.8) is 0 Å². The average molecular weight is 535 g/mol. The Morgan fingerprint density at radius 1 is 0.895 bits per heavy atom. The van der Waals surface area contributed by atoms with E-state index < -0.39 is 40.9 Å². The van der Waals surface area contributed by atoms with Crippen LogP contribution in [0.15, 0.2) is 0 Å². The van der Waals surface area contributed by atoms with Gasteiger partial charge in [0, 0.05) is 18.3 Å². The van der Waals surface area contributed by atoms with Crippen LogP contribution >= 0.6 is 0 Å². The van der Waals surface area contributed by atoms with E-state index in [2.05, 4.69) is 20.8 Å². The van der Waals surface area contributed by atoms with Crippen LogP contribution in [0.1, 0.15) is 99.3 Å². The van der Waals surface area contributed by atoms with Gasteiger partial charge >= 0.3 is 5.97 Å². The number of aliphatic carboxylic acids is 1. The molecule has 6 fully saturated rings. The smallest absolute Gasteiger partial charge is 0.312 e. The van der Waals surface area contributed by atoms with Crippen LogP contribution in [0, 0.1) is 56.7 Å². The number of aliphatic hydroxyl groups excluding tert-OH is 3. The molecule has 5 N–H and O–H groups in total. The molecule has 14 atom stereocenters. The molecule has 0 bridgehead atoms. The van der Waals surface area contributed by atoms with Gasteiger partial charge in [0.1, 0.15) is 5.60 Å². The fraction of sp³-hybridized carbons (Fsp3) is 0.968. The maximum Gasteiger partial charge on any atom is 0.312 e. The van der Waals surface area contributed by atoms with Gasteiger partial charge in [0.25, 0.3) is 0 Å². The average Bonchev–Trinajstić information content (AvgIpc) is 3.33. The van der Waals surface area contributed by atoms with Gasteiger partial charge in [-0.25, -0.2) is 0 Å². The summed E-state index contributed by atoms with van der Waals surface area (Å²) in [4.78, 5) is 12.5. The van der Waals surface area contributed by atoms with Crippen molar-refractivity contribution in [1.82, 2.24) is 0 Å². The van der Waals surface area contributed by atoms with Crippen LogP contribution in [0.5, 0.6) is 0 Å². The maximum atomic E-state index is 12.5. The molecule has 7 heteroatoms. The summed E-state index contributed by atoms with van der Waals surface area (Å²) >= 11 is 0. The van der Waals surface area contributed by atoms with Gasteiger partial charge in [-0.05, 0) is 97.7 Å². The van der Waals surface area contributed by atoms with Crippen LogP contribution in [0.25, 0.3) is 0 Å². The second-order valence-corrected chi connectivity index (χ2v) is 15.6. The molecule has 0 aromatic carbocycles. The quantitative estimate of drug-likeness (QED) is 0.369. The number of rotatable bonds is 4. The first kappa shape index (κ1) is 27.4. The number of hydrogen-bond acceptors (Lipinski definition) is 6. The fourth-order valence-corrected chi connectivity index (χ4v) is 12.1. The van der Waals surface area contributed by atoms with Crippen LogP contribution in [-0.2, 0) is 9.53 Å². The minimum Gasteiger partial charge on any atom is -0.481 e. The van der Waals surface area contributed by atoms with Crippen molar-refractivity contribution in [1.29, 1.82) is 0 Å². The zero-order valence-corrected chi connectivity index (χ0v) is 24.1. The molecule has 1 heterocycles. The van der Waals surface area contributed by atoms with Gasteiger partial charge < -0.3 is 30.3 Å². The Morgan fingerprint density at radius 3 is 2.16 bits per heavy atom. The standard InChI is InChI=1S/C31H50O7/c1-16(2)31(37)14-19(38-25(31)36)17(3)18-9-10-27(5)20-7-8-21-28(6,24(34)35)22(32)13-23(33)30(21)15-29(20,30)12-11-26(18,27)4/h16-23,25,32-33,36-37H,7-15H2,1-6H3,(H,34,35)/t17-,18+,19+,20-,21-,22-,23-,25-,26+,27-,28-,29-,30+,31-/m0/s1. The van der Waals surface area contributed by atoms with E-state index in [0.29, 0.717) is 18.3 Å². The lowest BCUT2D eigenvalue weighted by Crippen LogP contribution is -2.63. The van der Waals surface area contributed by atoms with Gasteiger partial charge in [-0.1, -0.05) is 34.6 Å². The number of hydrogen-bond donors (Lipinski definition) is 5. The van der Waals surface area contributed by atoms with E-state index in [9.17, 15) is 30.3 Å². The third-order valence-corrected chi connectivity index (χ3v) is 14.8. The lowest BCUT2D eigenvalue weighted by atomic mass is 9.41. The van der Waals surface area contributed by atoms with Crippen molar-refractivity contribution in [2.45, 2.75) is 130 Å². The maximum absolute atomic E-state index is 12.5. The van der Waals surface area contributed by atoms with Gasteiger partial charge in [0.2, 0.25) is 0 Å². The third-order valence-electron chi connectivity index (χ3n) is 14.8. The summed E-state index contributed by atoms with van der Waals surface area (Å²) in [7, 11) is 0. The zero-order chi connectivity index (χ0) is 27.8. The Labute approximate surface area is 227 Å². The number of carboxylic acids is 1. The summed E-state index contributed by atoms with van der Waals surface area (Å²) in [6, 6.07) is 0. The Morgan fingerprint density at radius 2 is 1.55 bits per heavy atom. The molecular weight excluding hydrogens is 484 g/mol. The van der Waals surface area contributed by atoms with E-state index in [1.807, 2.05) is 13.8 Å². The fourth-order valence-electron chi connectivity index (χ4n) is 12.1. The highest BCUT2D eigenvalue weighted by molar-refractivity contribution is 5.76. The Bertz CT molecular complexity index is 1020. The van der Waals surface area contributed by atoms with Gasteiger partial charge in [-0.3, -0.25) is 4.79 Å². The second-order valence-electron chi connectivity index (χ2n) is 15.6. The van der Waals surface area contributed by atoms with E-state index in [1.54, 1.807) is 6.92 Å². The largest absolute Gasteiger partial charge is 0.481 e. The molecule has 2 spiro atoms. The molecule has 38 heavy (non-hydrogen) atoms. The number of ether oxygens (including phenoxy) is 1. The van der Waals surface area contributed by atoms with Gasteiger partial charge in [-0.15, -0.1) is 0 Å². The minimum absolute atomic E-state index is 0.0451. The molecule has 0 aromatic rings. The van der Waals surface area contributed by atoms with Gasteiger partial charge in [-0.2, -0.15) is 0 Å². The summed E-state index contributed by atoms with van der Waals surface area (Å²) in [6.45, 7) is 12.8. The molecule has 6 rings (SSSR count). The molecule has 0 radical (unpaired) electrons. The highest BCUT2D eigenvalue weighted by Crippen LogP contribution is 2.89. The van der Waals surface area contributed by atoms with Crippen molar-refractivity contribution in [3.8, 4) is 0 Å². The predicted octanol–water partition coefficient (Wildman–Crippen LogP) is 3.95. The molecule has 5 saturated carbocycles. The van der Waals surface area contributed by atoms with Crippen molar-refractivity contribution >= 4 is 5.97 Å². The zero-order valence-electron chi connectivity index (χ0n) is 24.1. The van der Waals surface area contributed by atoms with Crippen molar-refractivity contribution in [3.05, 3.63) is 0 Å². The highest BCUT2D eigenvalue weighted by atomic mass is 16.6. The van der Waals surface area contributed by atoms with E-state index in [-0.39, 0.29) is 46.5 Å². The molecule has 0 amide bonds. The summed E-state index contributed by atoms with van der Waals surface area (Å²) < 4.78 is 6.04. The van der Waals surface area contributed by atoms with Crippen molar-refractivity contribution < 1.29 is 35.1 Å². The van der Waals surface area contributed by atoms with Crippen molar-refractivity contribution in [2.75, 3.05) is 0 Å². The van der Waals surface area contributed by atoms with Crippen LogP contribution in [-0.4, -0.2) is 61.7 Å². The molecule has 5 aliphatic carbocycles. The van der Waals surface area contributed by atoms with E-state index in [4.69, 9.17) is 4.74 Å². The van der Waals surface area contributed by atoms with Gasteiger partial charge in [0.15, 0.2) is 6.29 Å². The third kappa shape index (κ3) is 2.86. The molecule has 216 valence electrons. The van der Waals surface area contributed by atoms with Crippen molar-refractivity contribution in [2.24, 2.45) is 56.7 Å². The van der Waals surface area contributed by atoms with E-state index in [0.717, 1.165) is 44.9 Å². The SMILES string of the molecule is CC(C)[C@@]1(O)C[C@H]([C@@H](C)[C@H]2CC[C@@]3(C)[C@@H]4CC[C@H]5[C@](C)(C(=O)O)[C@@H](O)C[C@H](O)[C@@]56C[C@@]46CC[C@]23C)O[C@@H]1O. The second kappa shape index (κ2) is 7.96. The predicted molar refractivity (Wildman–Crippen MR) is 141 cm³/mol. The van der Waals surface area contributed by atoms with Crippen LogP contribution in [0.2, 0.25) is 0 Å². The Hall–Kier alpha value is -0.730. The molecule has 6 aliphatic rings. The first-order valence-corrected chi connectivity index (χ1v) is 15.2. The van der Waals surface area contributed by atoms with Gasteiger partial charge in [0.05, 0.1) is 23.7 Å². The summed E-state index contributed by atoms with van der Waals surface area (Å²) in [5, 5.41) is 54.4. The van der Waals surface area contributed by atoms with Crippen LogP contribution < -0.4 is 0 Å². The number of carbonyl (C=O) groups is 1. The van der Waals surface area contributed by atoms with Crippen LogP contribution in [0.4, 0.5) is 0 Å². The molecular formula is C31H50O7.